The zero-order chi connectivity index (χ0) is 7.40. The highest BCUT2D eigenvalue weighted by molar-refractivity contribution is 4.81. The Balaban J connectivity index is 0.000001000. The SMILES string of the molecule is C=CCN1CCNCC1C.[HH]. The predicted molar refractivity (Wildman–Crippen MR) is 46.2 cm³/mol. The molecule has 1 unspecified atom stereocenters. The molecule has 1 saturated heterocycles. The van der Waals surface area contributed by atoms with Crippen molar-refractivity contribution in [2.75, 3.05) is 26.2 Å². The average molecular weight is 142 g/mol. The monoisotopic (exact) mass is 142 g/mol. The molecule has 1 heterocycles. The van der Waals surface area contributed by atoms with Crippen LogP contribution in [0.25, 0.3) is 0 Å². The summed E-state index contributed by atoms with van der Waals surface area (Å²) in [6.07, 6.45) is 1.97. The molecule has 0 radical (unpaired) electrons. The van der Waals surface area contributed by atoms with Gasteiger partial charge in [0.1, 0.15) is 0 Å². The van der Waals surface area contributed by atoms with E-state index in [1.807, 2.05) is 6.08 Å². The summed E-state index contributed by atoms with van der Waals surface area (Å²) < 4.78 is 0. The third kappa shape index (κ3) is 1.82. The van der Waals surface area contributed by atoms with Crippen LogP contribution in [0.2, 0.25) is 0 Å². The van der Waals surface area contributed by atoms with Crippen molar-refractivity contribution >= 4 is 0 Å². The van der Waals surface area contributed by atoms with E-state index in [9.17, 15) is 0 Å². The maximum absolute atomic E-state index is 3.73. The van der Waals surface area contributed by atoms with Crippen LogP contribution < -0.4 is 5.32 Å². The van der Waals surface area contributed by atoms with Crippen LogP contribution in [0, 0.1) is 0 Å². The first-order valence-electron chi connectivity index (χ1n) is 3.90. The Labute approximate surface area is 64.4 Å². The van der Waals surface area contributed by atoms with E-state index < -0.39 is 0 Å². The van der Waals surface area contributed by atoms with Gasteiger partial charge >= 0.3 is 0 Å². The third-order valence-corrected chi connectivity index (χ3v) is 2.00. The van der Waals surface area contributed by atoms with Crippen molar-refractivity contribution in [3.05, 3.63) is 12.7 Å². The number of nitrogens with one attached hydrogen (secondary N) is 1. The van der Waals surface area contributed by atoms with Gasteiger partial charge in [-0.3, -0.25) is 4.90 Å². The second-order valence-electron chi connectivity index (χ2n) is 2.84. The molecule has 1 atom stereocenters. The van der Waals surface area contributed by atoms with Crippen molar-refractivity contribution in [2.45, 2.75) is 13.0 Å². The molecule has 0 aromatic rings. The summed E-state index contributed by atoms with van der Waals surface area (Å²) in [7, 11) is 0. The topological polar surface area (TPSA) is 15.3 Å². The van der Waals surface area contributed by atoms with E-state index in [1.54, 1.807) is 0 Å². The Morgan fingerprint density at radius 3 is 3.30 bits per heavy atom. The minimum atomic E-state index is 0. The Bertz CT molecular complexity index is 117. The number of hydrogen-bond acceptors (Lipinski definition) is 2. The van der Waals surface area contributed by atoms with Gasteiger partial charge in [-0.1, -0.05) is 6.08 Å². The zero-order valence-corrected chi connectivity index (χ0v) is 6.64. The van der Waals surface area contributed by atoms with Gasteiger partial charge in [-0.2, -0.15) is 0 Å². The summed E-state index contributed by atoms with van der Waals surface area (Å²) in [6.45, 7) is 10.4. The summed E-state index contributed by atoms with van der Waals surface area (Å²) in [5, 5.41) is 3.35. The second-order valence-corrected chi connectivity index (χ2v) is 2.84. The molecule has 10 heavy (non-hydrogen) atoms. The fourth-order valence-corrected chi connectivity index (χ4v) is 1.32. The molecule has 0 saturated carbocycles. The molecular formula is C8H18N2. The Morgan fingerprint density at radius 2 is 2.70 bits per heavy atom. The molecule has 1 aliphatic rings. The molecule has 2 nitrogen and oxygen atoms in total. The first-order chi connectivity index (χ1) is 4.84. The molecule has 1 aliphatic heterocycles. The zero-order valence-electron chi connectivity index (χ0n) is 6.64. The van der Waals surface area contributed by atoms with Crippen LogP contribution in [0.3, 0.4) is 0 Å². The summed E-state index contributed by atoms with van der Waals surface area (Å²) in [5.41, 5.74) is 0. The molecule has 0 spiro atoms. The van der Waals surface area contributed by atoms with Gasteiger partial charge in [0.25, 0.3) is 0 Å². The van der Waals surface area contributed by atoms with E-state index in [0.29, 0.717) is 6.04 Å². The second kappa shape index (κ2) is 3.74. The number of rotatable bonds is 2. The lowest BCUT2D eigenvalue weighted by Gasteiger charge is -2.32. The quantitative estimate of drug-likeness (QED) is 0.571. The van der Waals surface area contributed by atoms with E-state index in [2.05, 4.69) is 23.7 Å². The summed E-state index contributed by atoms with van der Waals surface area (Å²) in [5.74, 6) is 0. The molecular weight excluding hydrogens is 124 g/mol. The first kappa shape index (κ1) is 7.76. The van der Waals surface area contributed by atoms with Crippen molar-refractivity contribution in [3.8, 4) is 0 Å². The Morgan fingerprint density at radius 1 is 1.90 bits per heavy atom. The van der Waals surface area contributed by atoms with Gasteiger partial charge in [-0.25, -0.2) is 0 Å². The Hall–Kier alpha value is -0.340. The minimum Gasteiger partial charge on any atom is -0.314 e. The largest absolute Gasteiger partial charge is 0.314 e. The van der Waals surface area contributed by atoms with Gasteiger partial charge in [0.15, 0.2) is 0 Å². The van der Waals surface area contributed by atoms with Gasteiger partial charge in [0, 0.05) is 33.6 Å². The van der Waals surface area contributed by atoms with Crippen molar-refractivity contribution in [1.29, 1.82) is 0 Å². The van der Waals surface area contributed by atoms with Crippen LogP contribution in [0.15, 0.2) is 12.7 Å². The predicted octanol–water partition coefficient (Wildman–Crippen LogP) is 0.712. The number of nitrogens with zero attached hydrogens (tertiary/aromatic N) is 1. The van der Waals surface area contributed by atoms with Gasteiger partial charge in [-0.05, 0) is 6.92 Å². The van der Waals surface area contributed by atoms with Crippen LogP contribution >= 0.6 is 0 Å². The Kier molecular flexibility index (Phi) is 2.90. The number of piperazine rings is 1. The highest BCUT2D eigenvalue weighted by atomic mass is 15.2. The van der Waals surface area contributed by atoms with E-state index in [1.165, 1.54) is 0 Å². The van der Waals surface area contributed by atoms with Crippen LogP contribution in [0.4, 0.5) is 0 Å². The molecule has 0 amide bonds. The van der Waals surface area contributed by atoms with Gasteiger partial charge in [-0.15, -0.1) is 6.58 Å². The van der Waals surface area contributed by atoms with E-state index in [4.69, 9.17) is 0 Å². The fourth-order valence-electron chi connectivity index (χ4n) is 1.32. The lowest BCUT2D eigenvalue weighted by atomic mass is 10.2. The molecule has 0 aromatic heterocycles. The van der Waals surface area contributed by atoms with Gasteiger partial charge < -0.3 is 5.32 Å². The van der Waals surface area contributed by atoms with Crippen molar-refractivity contribution < 1.29 is 1.43 Å². The van der Waals surface area contributed by atoms with Crippen LogP contribution in [0.1, 0.15) is 8.35 Å². The van der Waals surface area contributed by atoms with Crippen molar-refractivity contribution in [2.24, 2.45) is 0 Å². The van der Waals surface area contributed by atoms with Gasteiger partial charge in [0.2, 0.25) is 0 Å². The molecule has 0 bridgehead atoms. The molecule has 0 aromatic carbocycles. The van der Waals surface area contributed by atoms with Gasteiger partial charge in [0.05, 0.1) is 0 Å². The molecule has 60 valence electrons. The first-order valence-corrected chi connectivity index (χ1v) is 3.90. The fraction of sp³-hybridized carbons (Fsp3) is 0.750. The number of hydrogen-bond donors (Lipinski definition) is 1. The standard InChI is InChI=1S/C8H16N2.H2/c1-3-5-10-6-4-9-7-8(10)2;/h3,8-9H,1,4-7H2,2H3;1H. The maximum atomic E-state index is 3.73. The molecule has 1 N–H and O–H groups in total. The molecule has 2 heteroatoms. The molecule has 1 fully saturated rings. The molecule has 0 aliphatic carbocycles. The minimum absolute atomic E-state index is 0. The summed E-state index contributed by atoms with van der Waals surface area (Å²) in [6, 6.07) is 0.673. The average Bonchev–Trinajstić information content (AvgIpc) is 1.94. The van der Waals surface area contributed by atoms with E-state index in [0.717, 1.165) is 26.2 Å². The van der Waals surface area contributed by atoms with Crippen LogP contribution in [-0.2, 0) is 0 Å². The maximum Gasteiger partial charge on any atom is 0.0196 e. The summed E-state index contributed by atoms with van der Waals surface area (Å²) in [4.78, 5) is 2.43. The lowest BCUT2D eigenvalue weighted by Crippen LogP contribution is -2.49. The lowest BCUT2D eigenvalue weighted by molar-refractivity contribution is 0.193. The highest BCUT2D eigenvalue weighted by Gasteiger charge is 2.15. The third-order valence-electron chi connectivity index (χ3n) is 2.00. The van der Waals surface area contributed by atoms with Crippen molar-refractivity contribution in [1.82, 2.24) is 10.2 Å². The normalized spacial score (nSPS) is 28.3. The summed E-state index contributed by atoms with van der Waals surface area (Å²) >= 11 is 0. The highest BCUT2D eigenvalue weighted by Crippen LogP contribution is 2.00. The molecule has 1 rings (SSSR count). The van der Waals surface area contributed by atoms with E-state index in [-0.39, 0.29) is 1.43 Å². The van der Waals surface area contributed by atoms with Crippen molar-refractivity contribution in [3.63, 3.8) is 0 Å². The van der Waals surface area contributed by atoms with E-state index >= 15 is 0 Å². The van der Waals surface area contributed by atoms with Crippen LogP contribution in [0.5, 0.6) is 0 Å². The van der Waals surface area contributed by atoms with Crippen LogP contribution in [-0.4, -0.2) is 37.1 Å². The smallest absolute Gasteiger partial charge is 0.0196 e.